The van der Waals surface area contributed by atoms with E-state index in [2.05, 4.69) is 0 Å². The van der Waals surface area contributed by atoms with Gasteiger partial charge in [0, 0.05) is 13.0 Å². The fourth-order valence-corrected chi connectivity index (χ4v) is 2.18. The Morgan fingerprint density at radius 1 is 1.53 bits per heavy atom. The summed E-state index contributed by atoms with van der Waals surface area (Å²) in [5.74, 6) is 0.995. The van der Waals surface area contributed by atoms with Gasteiger partial charge in [-0.1, -0.05) is 0 Å². The van der Waals surface area contributed by atoms with E-state index in [9.17, 15) is 14.4 Å². The van der Waals surface area contributed by atoms with Crippen molar-refractivity contribution in [2.24, 2.45) is 0 Å². The second-order valence-electron chi connectivity index (χ2n) is 3.78. The lowest BCUT2D eigenvalue weighted by Crippen LogP contribution is -2.37. The van der Waals surface area contributed by atoms with Gasteiger partial charge in [0.05, 0.1) is 6.04 Å². The van der Waals surface area contributed by atoms with Crippen molar-refractivity contribution in [3.63, 3.8) is 0 Å². The number of rotatable bonds is 2. The maximum absolute atomic E-state index is 11.1. The van der Waals surface area contributed by atoms with Gasteiger partial charge in [-0.2, -0.15) is 0 Å². The highest BCUT2D eigenvalue weighted by Gasteiger charge is 2.40. The highest BCUT2D eigenvalue weighted by molar-refractivity contribution is 5.98. The average molecular weight is 209 g/mol. The second kappa shape index (κ2) is 3.87. The SMILES string of the molecule is O=C=C1CC(C2CCCN2C=O)OC1=O. The minimum Gasteiger partial charge on any atom is -0.456 e. The minimum absolute atomic E-state index is 0.0535. The van der Waals surface area contributed by atoms with Crippen LogP contribution in [0.3, 0.4) is 0 Å². The number of cyclic esters (lactones) is 1. The van der Waals surface area contributed by atoms with E-state index in [-0.39, 0.29) is 24.1 Å². The van der Waals surface area contributed by atoms with Crippen LogP contribution in [0.15, 0.2) is 5.57 Å². The maximum atomic E-state index is 11.1. The van der Waals surface area contributed by atoms with Crippen LogP contribution >= 0.6 is 0 Å². The smallest absolute Gasteiger partial charge is 0.345 e. The molecule has 2 unspecified atom stereocenters. The zero-order valence-corrected chi connectivity index (χ0v) is 8.14. The Bertz CT molecular complexity index is 345. The van der Waals surface area contributed by atoms with Crippen molar-refractivity contribution in [1.29, 1.82) is 0 Å². The summed E-state index contributed by atoms with van der Waals surface area (Å²) in [6, 6.07) is -0.0719. The van der Waals surface area contributed by atoms with E-state index >= 15 is 0 Å². The van der Waals surface area contributed by atoms with Crippen LogP contribution in [0.5, 0.6) is 0 Å². The number of amides is 1. The van der Waals surface area contributed by atoms with E-state index in [4.69, 9.17) is 4.74 Å². The van der Waals surface area contributed by atoms with E-state index < -0.39 is 5.97 Å². The molecule has 2 atom stereocenters. The molecule has 5 heteroatoms. The molecule has 1 amide bonds. The van der Waals surface area contributed by atoms with Crippen LogP contribution in [-0.4, -0.2) is 41.9 Å². The molecule has 2 aliphatic heterocycles. The van der Waals surface area contributed by atoms with Gasteiger partial charge in [-0.25, -0.2) is 9.59 Å². The summed E-state index contributed by atoms with van der Waals surface area (Å²) in [6.45, 7) is 0.697. The third-order valence-electron chi connectivity index (χ3n) is 2.94. The Morgan fingerprint density at radius 3 is 2.93 bits per heavy atom. The molecule has 0 aliphatic carbocycles. The molecule has 2 fully saturated rings. The summed E-state index contributed by atoms with van der Waals surface area (Å²) < 4.78 is 5.04. The monoisotopic (exact) mass is 209 g/mol. The molecule has 0 saturated carbocycles. The van der Waals surface area contributed by atoms with Crippen LogP contribution in [0.1, 0.15) is 19.3 Å². The lowest BCUT2D eigenvalue weighted by atomic mass is 10.0. The summed E-state index contributed by atoms with van der Waals surface area (Å²) in [5.41, 5.74) is 0.0535. The first-order valence-corrected chi connectivity index (χ1v) is 4.92. The standard InChI is InChI=1S/C10H11NO4/c12-5-7-4-9(15-10(7)14)8-2-1-3-11(8)6-13/h6,8-9H,1-4H2. The Balaban J connectivity index is 2.10. The Morgan fingerprint density at radius 2 is 2.33 bits per heavy atom. The molecule has 0 aromatic carbocycles. The van der Waals surface area contributed by atoms with Crippen LogP contribution in [0.2, 0.25) is 0 Å². The van der Waals surface area contributed by atoms with Gasteiger partial charge in [-0.3, -0.25) is 4.79 Å². The normalized spacial score (nSPS) is 30.3. The van der Waals surface area contributed by atoms with Crippen molar-refractivity contribution < 1.29 is 19.1 Å². The van der Waals surface area contributed by atoms with Crippen molar-refractivity contribution in [3.05, 3.63) is 5.57 Å². The molecule has 0 radical (unpaired) electrons. The molecule has 80 valence electrons. The predicted molar refractivity (Wildman–Crippen MR) is 49.5 cm³/mol. The molecule has 0 aromatic heterocycles. The zero-order chi connectivity index (χ0) is 10.8. The molecular formula is C10H11NO4. The van der Waals surface area contributed by atoms with Gasteiger partial charge in [-0.15, -0.1) is 0 Å². The van der Waals surface area contributed by atoms with E-state index in [1.807, 2.05) is 0 Å². The summed E-state index contributed by atoms with van der Waals surface area (Å²) in [6.07, 6.45) is 2.42. The highest BCUT2D eigenvalue weighted by atomic mass is 16.6. The first-order chi connectivity index (χ1) is 7.26. The van der Waals surface area contributed by atoms with Gasteiger partial charge >= 0.3 is 5.97 Å². The Hall–Kier alpha value is -1.61. The van der Waals surface area contributed by atoms with Gasteiger partial charge < -0.3 is 9.64 Å². The van der Waals surface area contributed by atoms with Crippen molar-refractivity contribution in [2.45, 2.75) is 31.4 Å². The number of carbonyl (C=O) groups is 2. The lowest BCUT2D eigenvalue weighted by Gasteiger charge is -2.24. The van der Waals surface area contributed by atoms with Crippen molar-refractivity contribution in [2.75, 3.05) is 6.54 Å². The van der Waals surface area contributed by atoms with E-state index in [1.165, 1.54) is 0 Å². The van der Waals surface area contributed by atoms with Gasteiger partial charge in [-0.05, 0) is 12.8 Å². The van der Waals surface area contributed by atoms with Crippen LogP contribution in [0, 0.1) is 0 Å². The maximum Gasteiger partial charge on any atom is 0.345 e. The first kappa shape index (κ1) is 9.93. The van der Waals surface area contributed by atoms with Crippen LogP contribution < -0.4 is 0 Å². The number of hydrogen-bond acceptors (Lipinski definition) is 4. The molecule has 15 heavy (non-hydrogen) atoms. The molecule has 0 spiro atoms. The topological polar surface area (TPSA) is 63.7 Å². The first-order valence-electron chi connectivity index (χ1n) is 4.92. The fraction of sp³-hybridized carbons (Fsp3) is 0.600. The largest absolute Gasteiger partial charge is 0.456 e. The van der Waals surface area contributed by atoms with E-state index in [0.717, 1.165) is 19.3 Å². The molecule has 0 N–H and O–H groups in total. The summed E-state index contributed by atoms with van der Waals surface area (Å²) in [5, 5.41) is 0. The number of ether oxygens (including phenoxy) is 1. The third-order valence-corrected chi connectivity index (χ3v) is 2.94. The van der Waals surface area contributed by atoms with Crippen molar-refractivity contribution in [3.8, 4) is 0 Å². The lowest BCUT2D eigenvalue weighted by molar-refractivity contribution is -0.142. The minimum atomic E-state index is -0.590. The molecule has 2 heterocycles. The molecule has 2 aliphatic rings. The van der Waals surface area contributed by atoms with E-state index in [0.29, 0.717) is 6.54 Å². The second-order valence-corrected chi connectivity index (χ2v) is 3.78. The summed E-state index contributed by atoms with van der Waals surface area (Å²) in [7, 11) is 0. The summed E-state index contributed by atoms with van der Waals surface area (Å²) >= 11 is 0. The van der Waals surface area contributed by atoms with Gasteiger partial charge in [0.1, 0.15) is 17.6 Å². The molecule has 5 nitrogen and oxygen atoms in total. The molecule has 0 bridgehead atoms. The average Bonchev–Trinajstić information content (AvgIpc) is 2.82. The van der Waals surface area contributed by atoms with Gasteiger partial charge in [0.2, 0.25) is 6.41 Å². The fourth-order valence-electron chi connectivity index (χ4n) is 2.18. The molecule has 2 saturated heterocycles. The zero-order valence-electron chi connectivity index (χ0n) is 8.14. The van der Waals surface area contributed by atoms with Crippen LogP contribution in [0.25, 0.3) is 0 Å². The number of hydrogen-bond donors (Lipinski definition) is 0. The Labute approximate surface area is 86.7 Å². The number of likely N-dealkylation sites (tertiary alicyclic amines) is 1. The predicted octanol–water partition coefficient (Wildman–Crippen LogP) is -0.319. The van der Waals surface area contributed by atoms with Gasteiger partial charge in [0.25, 0.3) is 0 Å². The van der Waals surface area contributed by atoms with Crippen LogP contribution in [-0.2, 0) is 19.1 Å². The highest BCUT2D eigenvalue weighted by Crippen LogP contribution is 2.28. The molecular weight excluding hydrogens is 198 g/mol. The molecule has 2 rings (SSSR count). The molecule has 0 aromatic rings. The van der Waals surface area contributed by atoms with Crippen molar-refractivity contribution in [1.82, 2.24) is 4.90 Å². The third kappa shape index (κ3) is 1.66. The van der Waals surface area contributed by atoms with Crippen LogP contribution in [0.4, 0.5) is 0 Å². The number of carbonyl (C=O) groups excluding carboxylic acids is 3. The van der Waals surface area contributed by atoms with Crippen molar-refractivity contribution >= 4 is 18.3 Å². The number of nitrogens with zero attached hydrogens (tertiary/aromatic N) is 1. The quantitative estimate of drug-likeness (QED) is 0.270. The van der Waals surface area contributed by atoms with Gasteiger partial charge in [0.15, 0.2) is 0 Å². The summed E-state index contributed by atoms with van der Waals surface area (Å²) in [4.78, 5) is 33.9. The Kier molecular flexibility index (Phi) is 2.56. The number of esters is 1. The van der Waals surface area contributed by atoms with E-state index in [1.54, 1.807) is 10.8 Å².